The van der Waals surface area contributed by atoms with Crippen molar-refractivity contribution in [3.63, 3.8) is 0 Å². The number of furan rings is 1. The summed E-state index contributed by atoms with van der Waals surface area (Å²) in [7, 11) is 0. The second-order valence-corrected chi connectivity index (χ2v) is 5.24. The fourth-order valence-corrected chi connectivity index (χ4v) is 2.51. The zero-order valence-corrected chi connectivity index (χ0v) is 11.2. The fourth-order valence-electron chi connectivity index (χ4n) is 2.51. The SMILES string of the molecule is CC1CC(=O)N(CC(N)c2cc3ccccc3o2)C1=O. The van der Waals surface area contributed by atoms with Crippen molar-refractivity contribution in [2.24, 2.45) is 11.7 Å². The Kier molecular flexibility index (Phi) is 3.06. The molecule has 1 saturated heterocycles. The highest BCUT2D eigenvalue weighted by Gasteiger charge is 2.36. The molecule has 0 radical (unpaired) electrons. The number of nitrogens with zero attached hydrogens (tertiary/aromatic N) is 1. The van der Waals surface area contributed by atoms with Crippen molar-refractivity contribution in [1.29, 1.82) is 0 Å². The Morgan fingerprint density at radius 3 is 2.80 bits per heavy atom. The van der Waals surface area contributed by atoms with E-state index in [1.54, 1.807) is 6.92 Å². The van der Waals surface area contributed by atoms with Gasteiger partial charge in [-0.2, -0.15) is 0 Å². The molecule has 1 aliphatic heterocycles. The van der Waals surface area contributed by atoms with E-state index in [0.717, 1.165) is 11.0 Å². The molecule has 20 heavy (non-hydrogen) atoms. The maximum Gasteiger partial charge on any atom is 0.232 e. The average molecular weight is 272 g/mol. The van der Waals surface area contributed by atoms with Gasteiger partial charge in [-0.25, -0.2) is 0 Å². The maximum atomic E-state index is 11.9. The van der Waals surface area contributed by atoms with E-state index in [1.807, 2.05) is 30.3 Å². The summed E-state index contributed by atoms with van der Waals surface area (Å²) in [6, 6.07) is 8.96. The summed E-state index contributed by atoms with van der Waals surface area (Å²) < 4.78 is 5.66. The van der Waals surface area contributed by atoms with Crippen LogP contribution in [0.2, 0.25) is 0 Å². The number of hydrogen-bond donors (Lipinski definition) is 1. The van der Waals surface area contributed by atoms with Crippen molar-refractivity contribution in [3.05, 3.63) is 36.1 Å². The van der Waals surface area contributed by atoms with Crippen molar-refractivity contribution in [3.8, 4) is 0 Å². The molecule has 1 aromatic carbocycles. The standard InChI is InChI=1S/C15H16N2O3/c1-9-6-14(18)17(15(9)19)8-11(16)13-7-10-4-2-3-5-12(10)20-13/h2-5,7,9,11H,6,8,16H2,1H3. The average Bonchev–Trinajstić information content (AvgIpc) is 2.95. The van der Waals surface area contributed by atoms with Crippen molar-refractivity contribution < 1.29 is 14.0 Å². The molecule has 5 nitrogen and oxygen atoms in total. The van der Waals surface area contributed by atoms with Gasteiger partial charge < -0.3 is 10.2 Å². The Bertz CT molecular complexity index is 644. The molecule has 1 aliphatic rings. The lowest BCUT2D eigenvalue weighted by Crippen LogP contribution is -2.36. The molecule has 2 heterocycles. The van der Waals surface area contributed by atoms with Gasteiger partial charge in [0.15, 0.2) is 0 Å². The van der Waals surface area contributed by atoms with E-state index in [9.17, 15) is 9.59 Å². The van der Waals surface area contributed by atoms with Crippen molar-refractivity contribution in [2.75, 3.05) is 6.54 Å². The topological polar surface area (TPSA) is 76.5 Å². The zero-order chi connectivity index (χ0) is 14.3. The second-order valence-electron chi connectivity index (χ2n) is 5.24. The van der Waals surface area contributed by atoms with Crippen LogP contribution in [0.3, 0.4) is 0 Å². The highest BCUT2D eigenvalue weighted by atomic mass is 16.3. The minimum absolute atomic E-state index is 0.151. The van der Waals surface area contributed by atoms with E-state index in [0.29, 0.717) is 5.76 Å². The summed E-state index contributed by atoms with van der Waals surface area (Å²) in [5.41, 5.74) is 6.82. The van der Waals surface area contributed by atoms with Gasteiger partial charge in [0, 0.05) is 17.7 Å². The highest BCUT2D eigenvalue weighted by molar-refractivity contribution is 6.03. The summed E-state index contributed by atoms with van der Waals surface area (Å²) in [6.45, 7) is 1.93. The van der Waals surface area contributed by atoms with Crippen molar-refractivity contribution in [1.82, 2.24) is 4.90 Å². The molecule has 2 amide bonds. The predicted octanol–water partition coefficient (Wildman–Crippen LogP) is 1.83. The third-order valence-corrected chi connectivity index (χ3v) is 3.66. The van der Waals surface area contributed by atoms with Gasteiger partial charge in [0.05, 0.1) is 12.6 Å². The minimum atomic E-state index is -0.499. The molecule has 1 aromatic heterocycles. The number of amides is 2. The molecule has 0 saturated carbocycles. The van der Waals surface area contributed by atoms with Crippen LogP contribution in [0.4, 0.5) is 0 Å². The molecular weight excluding hydrogens is 256 g/mol. The number of fused-ring (bicyclic) bond motifs is 1. The number of carbonyl (C=O) groups is 2. The third kappa shape index (κ3) is 2.10. The molecule has 5 heteroatoms. The lowest BCUT2D eigenvalue weighted by molar-refractivity contribution is -0.139. The zero-order valence-electron chi connectivity index (χ0n) is 11.2. The number of nitrogens with two attached hydrogens (primary N) is 1. The van der Waals surface area contributed by atoms with Crippen LogP contribution >= 0.6 is 0 Å². The Morgan fingerprint density at radius 2 is 2.15 bits per heavy atom. The number of carbonyl (C=O) groups excluding carboxylic acids is 2. The first-order valence-corrected chi connectivity index (χ1v) is 6.64. The fraction of sp³-hybridized carbons (Fsp3) is 0.333. The largest absolute Gasteiger partial charge is 0.459 e. The van der Waals surface area contributed by atoms with E-state index in [-0.39, 0.29) is 30.7 Å². The second kappa shape index (κ2) is 4.76. The molecule has 104 valence electrons. The molecule has 2 unspecified atom stereocenters. The molecule has 1 fully saturated rings. The Labute approximate surface area is 116 Å². The van der Waals surface area contributed by atoms with E-state index < -0.39 is 6.04 Å². The van der Waals surface area contributed by atoms with E-state index in [1.165, 1.54) is 4.90 Å². The first kappa shape index (κ1) is 12.9. The monoisotopic (exact) mass is 272 g/mol. The van der Waals surface area contributed by atoms with E-state index >= 15 is 0 Å². The van der Waals surface area contributed by atoms with Gasteiger partial charge in [0.25, 0.3) is 0 Å². The summed E-state index contributed by atoms with van der Waals surface area (Å²) in [5, 5.41) is 0.963. The van der Waals surface area contributed by atoms with Crippen LogP contribution in [-0.2, 0) is 9.59 Å². The predicted molar refractivity (Wildman–Crippen MR) is 73.6 cm³/mol. The van der Waals surface area contributed by atoms with Crippen LogP contribution in [0, 0.1) is 5.92 Å². The van der Waals surface area contributed by atoms with Crippen molar-refractivity contribution >= 4 is 22.8 Å². The number of imide groups is 1. The molecule has 0 aliphatic carbocycles. The quantitative estimate of drug-likeness (QED) is 0.865. The smallest absolute Gasteiger partial charge is 0.232 e. The summed E-state index contributed by atoms with van der Waals surface area (Å²) in [5.74, 6) is 0.0346. The van der Waals surface area contributed by atoms with Crippen LogP contribution in [0.5, 0.6) is 0 Å². The van der Waals surface area contributed by atoms with Crippen LogP contribution in [0.25, 0.3) is 11.0 Å². The summed E-state index contributed by atoms with van der Waals surface area (Å²) in [4.78, 5) is 24.9. The van der Waals surface area contributed by atoms with Gasteiger partial charge in [-0.1, -0.05) is 25.1 Å². The van der Waals surface area contributed by atoms with Gasteiger partial charge in [-0.3, -0.25) is 14.5 Å². The lowest BCUT2D eigenvalue weighted by Gasteiger charge is -2.18. The van der Waals surface area contributed by atoms with Gasteiger partial charge in [-0.05, 0) is 12.1 Å². The van der Waals surface area contributed by atoms with E-state index in [4.69, 9.17) is 10.2 Å². The summed E-state index contributed by atoms with van der Waals surface area (Å²) >= 11 is 0. The van der Waals surface area contributed by atoms with Gasteiger partial charge in [0.2, 0.25) is 11.8 Å². The van der Waals surface area contributed by atoms with Gasteiger partial charge >= 0.3 is 0 Å². The minimum Gasteiger partial charge on any atom is -0.459 e. The molecule has 3 rings (SSSR count). The van der Waals surface area contributed by atoms with Gasteiger partial charge in [-0.15, -0.1) is 0 Å². The number of hydrogen-bond acceptors (Lipinski definition) is 4. The number of para-hydroxylation sites is 1. The maximum absolute atomic E-state index is 11.9. The van der Waals surface area contributed by atoms with Gasteiger partial charge in [0.1, 0.15) is 11.3 Å². The Morgan fingerprint density at radius 1 is 1.40 bits per heavy atom. The van der Waals surface area contributed by atoms with Crippen LogP contribution < -0.4 is 5.73 Å². The number of benzene rings is 1. The number of likely N-dealkylation sites (tertiary alicyclic amines) is 1. The summed E-state index contributed by atoms with van der Waals surface area (Å²) in [6.07, 6.45) is 0.270. The Balaban J connectivity index is 1.81. The van der Waals surface area contributed by atoms with Crippen LogP contribution in [0.15, 0.2) is 34.7 Å². The number of rotatable bonds is 3. The first-order valence-electron chi connectivity index (χ1n) is 6.64. The van der Waals surface area contributed by atoms with Crippen LogP contribution in [-0.4, -0.2) is 23.3 Å². The highest BCUT2D eigenvalue weighted by Crippen LogP contribution is 2.25. The molecule has 0 spiro atoms. The lowest BCUT2D eigenvalue weighted by atomic mass is 10.1. The molecule has 2 N–H and O–H groups in total. The molecule has 2 atom stereocenters. The molecule has 2 aromatic rings. The third-order valence-electron chi connectivity index (χ3n) is 3.66. The molecule has 0 bridgehead atoms. The first-order chi connectivity index (χ1) is 9.56. The normalized spacial score (nSPS) is 20.9. The van der Waals surface area contributed by atoms with Crippen molar-refractivity contribution in [2.45, 2.75) is 19.4 Å². The molecular formula is C15H16N2O3. The van der Waals surface area contributed by atoms with Crippen LogP contribution in [0.1, 0.15) is 25.1 Å². The Hall–Kier alpha value is -2.14. The van der Waals surface area contributed by atoms with E-state index in [2.05, 4.69) is 0 Å².